The minimum atomic E-state index is 0.369. The van der Waals surface area contributed by atoms with Crippen LogP contribution < -0.4 is 14.8 Å². The van der Waals surface area contributed by atoms with Gasteiger partial charge in [-0.05, 0) is 51.1 Å². The van der Waals surface area contributed by atoms with Crippen LogP contribution in [0, 0.1) is 0 Å². The van der Waals surface area contributed by atoms with Gasteiger partial charge in [-0.15, -0.1) is 0 Å². The smallest absolute Gasteiger partial charge is 0.161 e. The van der Waals surface area contributed by atoms with Crippen molar-refractivity contribution in [2.45, 2.75) is 31.3 Å². The van der Waals surface area contributed by atoms with Crippen LogP contribution in [0.25, 0.3) is 0 Å². The highest BCUT2D eigenvalue weighted by Crippen LogP contribution is 2.35. The van der Waals surface area contributed by atoms with E-state index in [-0.39, 0.29) is 0 Å². The summed E-state index contributed by atoms with van der Waals surface area (Å²) in [4.78, 5) is 2.37. The molecule has 0 radical (unpaired) electrons. The van der Waals surface area contributed by atoms with E-state index in [1.165, 1.54) is 24.8 Å². The van der Waals surface area contributed by atoms with E-state index in [1.807, 2.05) is 6.07 Å². The first-order valence-electron chi connectivity index (χ1n) is 7.46. The fourth-order valence-electron chi connectivity index (χ4n) is 3.00. The van der Waals surface area contributed by atoms with E-state index in [2.05, 4.69) is 36.4 Å². The zero-order valence-electron chi connectivity index (χ0n) is 12.4. The number of hydrogen-bond donors (Lipinski definition) is 1. The summed E-state index contributed by atoms with van der Waals surface area (Å²) in [6.07, 6.45) is 3.95. The van der Waals surface area contributed by atoms with E-state index in [4.69, 9.17) is 9.47 Å². The highest BCUT2D eigenvalue weighted by Gasteiger charge is 2.38. The molecule has 0 aromatic heterocycles. The average Bonchev–Trinajstić information content (AvgIpc) is 2.41. The normalized spacial score (nSPS) is 19.8. The molecule has 0 unspecified atom stereocenters. The van der Waals surface area contributed by atoms with Gasteiger partial charge in [0.15, 0.2) is 11.5 Å². The topological polar surface area (TPSA) is 33.7 Å². The van der Waals surface area contributed by atoms with Gasteiger partial charge in [0.1, 0.15) is 13.2 Å². The van der Waals surface area contributed by atoms with Crippen molar-refractivity contribution in [2.75, 3.05) is 33.9 Å². The molecule has 1 aliphatic carbocycles. The van der Waals surface area contributed by atoms with Gasteiger partial charge in [0.2, 0.25) is 0 Å². The van der Waals surface area contributed by atoms with Crippen LogP contribution in [-0.2, 0) is 6.54 Å². The number of rotatable bonds is 5. The van der Waals surface area contributed by atoms with Crippen LogP contribution in [0.15, 0.2) is 18.2 Å². The van der Waals surface area contributed by atoms with Gasteiger partial charge in [0.05, 0.1) is 0 Å². The van der Waals surface area contributed by atoms with E-state index < -0.39 is 0 Å². The summed E-state index contributed by atoms with van der Waals surface area (Å²) >= 11 is 0. The quantitative estimate of drug-likeness (QED) is 0.892. The van der Waals surface area contributed by atoms with Crippen molar-refractivity contribution in [2.24, 2.45) is 0 Å². The Kier molecular flexibility index (Phi) is 3.85. The molecule has 1 aromatic rings. The molecule has 1 saturated carbocycles. The van der Waals surface area contributed by atoms with Crippen molar-refractivity contribution < 1.29 is 9.47 Å². The molecule has 110 valence electrons. The fraction of sp³-hybridized carbons (Fsp3) is 0.625. The van der Waals surface area contributed by atoms with Crippen molar-refractivity contribution in [1.82, 2.24) is 10.2 Å². The Morgan fingerprint density at radius 2 is 1.90 bits per heavy atom. The number of ether oxygens (including phenoxy) is 2. The van der Waals surface area contributed by atoms with Gasteiger partial charge in [0, 0.05) is 18.6 Å². The number of fused-ring (bicyclic) bond motifs is 1. The zero-order valence-corrected chi connectivity index (χ0v) is 12.4. The van der Waals surface area contributed by atoms with Crippen LogP contribution >= 0.6 is 0 Å². The summed E-state index contributed by atoms with van der Waals surface area (Å²) < 4.78 is 11.2. The fourth-order valence-corrected chi connectivity index (χ4v) is 3.00. The number of nitrogens with zero attached hydrogens (tertiary/aromatic N) is 1. The van der Waals surface area contributed by atoms with Gasteiger partial charge in [-0.2, -0.15) is 0 Å². The van der Waals surface area contributed by atoms with Crippen LogP contribution in [0.4, 0.5) is 0 Å². The molecule has 0 amide bonds. The van der Waals surface area contributed by atoms with Gasteiger partial charge < -0.3 is 19.7 Å². The number of likely N-dealkylation sites (N-methyl/N-ethyl adjacent to an activating group) is 1. The maximum absolute atomic E-state index is 5.62. The Labute approximate surface area is 121 Å². The summed E-state index contributed by atoms with van der Waals surface area (Å²) in [5.74, 6) is 1.74. The molecule has 1 aliphatic heterocycles. The summed E-state index contributed by atoms with van der Waals surface area (Å²) in [6, 6.07) is 6.21. The van der Waals surface area contributed by atoms with Crippen LogP contribution in [0.5, 0.6) is 11.5 Å². The van der Waals surface area contributed by atoms with Gasteiger partial charge in [-0.3, -0.25) is 0 Å². The zero-order chi connectivity index (χ0) is 14.0. The highest BCUT2D eigenvalue weighted by atomic mass is 16.6. The van der Waals surface area contributed by atoms with E-state index in [0.29, 0.717) is 18.8 Å². The summed E-state index contributed by atoms with van der Waals surface area (Å²) in [5, 5.41) is 3.59. The van der Waals surface area contributed by atoms with E-state index in [9.17, 15) is 0 Å². The molecule has 1 N–H and O–H groups in total. The second-order valence-corrected chi connectivity index (χ2v) is 6.05. The SMILES string of the molecule is CN(C)C1(CNCc2ccc3c(c2)OCCO3)CCC1. The molecule has 4 nitrogen and oxygen atoms in total. The first-order chi connectivity index (χ1) is 9.70. The van der Waals surface area contributed by atoms with Gasteiger partial charge in [-0.25, -0.2) is 0 Å². The molecule has 3 rings (SSSR count). The van der Waals surface area contributed by atoms with Gasteiger partial charge in [-0.1, -0.05) is 6.07 Å². The maximum Gasteiger partial charge on any atom is 0.161 e. The van der Waals surface area contributed by atoms with E-state index >= 15 is 0 Å². The van der Waals surface area contributed by atoms with E-state index in [1.54, 1.807) is 0 Å². The summed E-state index contributed by atoms with van der Waals surface area (Å²) in [6.45, 7) is 3.23. The summed E-state index contributed by atoms with van der Waals surface area (Å²) in [7, 11) is 4.37. The third-order valence-electron chi connectivity index (χ3n) is 4.62. The standard InChI is InChI=1S/C16H24N2O2/c1-18(2)16(6-3-7-16)12-17-11-13-4-5-14-15(10-13)20-9-8-19-14/h4-5,10,17H,3,6-9,11-12H2,1-2H3. The van der Waals surface area contributed by atoms with Crippen LogP contribution in [0.1, 0.15) is 24.8 Å². The monoisotopic (exact) mass is 276 g/mol. The molecule has 20 heavy (non-hydrogen) atoms. The Morgan fingerprint density at radius 1 is 1.15 bits per heavy atom. The van der Waals surface area contributed by atoms with Gasteiger partial charge in [0.25, 0.3) is 0 Å². The Morgan fingerprint density at radius 3 is 2.55 bits per heavy atom. The van der Waals surface area contributed by atoms with Crippen LogP contribution in [-0.4, -0.2) is 44.3 Å². The molecular formula is C16H24N2O2. The van der Waals surface area contributed by atoms with Crippen LogP contribution in [0.2, 0.25) is 0 Å². The minimum Gasteiger partial charge on any atom is -0.486 e. The largest absolute Gasteiger partial charge is 0.486 e. The van der Waals surface area contributed by atoms with Crippen molar-refractivity contribution in [3.63, 3.8) is 0 Å². The molecule has 0 bridgehead atoms. The lowest BCUT2D eigenvalue weighted by Gasteiger charge is -2.47. The second-order valence-electron chi connectivity index (χ2n) is 6.05. The predicted octanol–water partition coefficient (Wildman–Crippen LogP) is 2.03. The third-order valence-corrected chi connectivity index (χ3v) is 4.62. The molecule has 0 atom stereocenters. The Balaban J connectivity index is 1.56. The van der Waals surface area contributed by atoms with E-state index in [0.717, 1.165) is 24.6 Å². The van der Waals surface area contributed by atoms with Crippen molar-refractivity contribution in [3.05, 3.63) is 23.8 Å². The lowest BCUT2D eigenvalue weighted by atomic mass is 9.75. The molecule has 1 aromatic carbocycles. The predicted molar refractivity (Wildman–Crippen MR) is 79.4 cm³/mol. The number of benzene rings is 1. The maximum atomic E-state index is 5.62. The molecule has 2 aliphatic rings. The molecule has 0 saturated heterocycles. The number of hydrogen-bond acceptors (Lipinski definition) is 4. The molecule has 1 fully saturated rings. The third kappa shape index (κ3) is 2.63. The minimum absolute atomic E-state index is 0.369. The lowest BCUT2D eigenvalue weighted by molar-refractivity contribution is 0.0598. The van der Waals surface area contributed by atoms with Crippen molar-refractivity contribution >= 4 is 0 Å². The molecular weight excluding hydrogens is 252 g/mol. The van der Waals surface area contributed by atoms with Crippen molar-refractivity contribution in [3.8, 4) is 11.5 Å². The lowest BCUT2D eigenvalue weighted by Crippen LogP contribution is -2.56. The molecule has 1 heterocycles. The van der Waals surface area contributed by atoms with Gasteiger partial charge >= 0.3 is 0 Å². The van der Waals surface area contributed by atoms with Crippen molar-refractivity contribution in [1.29, 1.82) is 0 Å². The van der Waals surface area contributed by atoms with Crippen LogP contribution in [0.3, 0.4) is 0 Å². The Bertz CT molecular complexity index is 470. The Hall–Kier alpha value is -1.26. The second kappa shape index (κ2) is 5.62. The average molecular weight is 276 g/mol. The molecule has 0 spiro atoms. The first kappa shape index (κ1) is 13.7. The first-order valence-corrected chi connectivity index (χ1v) is 7.46. The summed E-state index contributed by atoms with van der Waals surface area (Å²) in [5.41, 5.74) is 1.62. The molecule has 4 heteroatoms. The number of nitrogens with one attached hydrogen (secondary N) is 1. The highest BCUT2D eigenvalue weighted by molar-refractivity contribution is 5.43.